The van der Waals surface area contributed by atoms with E-state index >= 15 is 0 Å². The van der Waals surface area contributed by atoms with Crippen LogP contribution in [0.2, 0.25) is 0 Å². The molecule has 1 saturated carbocycles. The summed E-state index contributed by atoms with van der Waals surface area (Å²) in [4.78, 5) is 32.8. The Hall–Kier alpha value is -3.52. The number of nitrogens with zero attached hydrogens (tertiary/aromatic N) is 2. The number of amides is 3. The number of likely N-dealkylation sites (N-methyl/N-ethyl adjacent to an activating group) is 1. The molecule has 3 amide bonds. The number of benzene rings is 2. The minimum absolute atomic E-state index is 0.0599. The molecule has 47 heavy (non-hydrogen) atoms. The van der Waals surface area contributed by atoms with Crippen LogP contribution < -0.4 is 20.7 Å². The van der Waals surface area contributed by atoms with Gasteiger partial charge in [0, 0.05) is 47.5 Å². The summed E-state index contributed by atoms with van der Waals surface area (Å²) in [7, 11) is -1.89. The molecule has 0 unspecified atom stereocenters. The number of hydrogen-bond acceptors (Lipinski definition) is 8. The van der Waals surface area contributed by atoms with E-state index in [1.165, 1.54) is 17.4 Å². The van der Waals surface area contributed by atoms with Gasteiger partial charge in [0.1, 0.15) is 6.61 Å². The van der Waals surface area contributed by atoms with Crippen molar-refractivity contribution >= 4 is 39.2 Å². The van der Waals surface area contributed by atoms with E-state index in [4.69, 9.17) is 9.72 Å². The normalized spacial score (nSPS) is 20.5. The number of thiazole rings is 1. The molecular formula is C34H46N6O5S2. The SMILES string of the molecule is CN1CCC[C@H]1COC(=O)NC1CCC(c2ncc(-c3ccc(NC(=O)NCc4ccccc4)cc3S(=O)(=O)NC(C)(C)C)s2)CC1. The van der Waals surface area contributed by atoms with Crippen LogP contribution in [0.15, 0.2) is 59.6 Å². The number of likely N-dealkylation sites (tertiary alicyclic amines) is 1. The lowest BCUT2D eigenvalue weighted by atomic mass is 9.86. The predicted molar refractivity (Wildman–Crippen MR) is 185 cm³/mol. The molecule has 1 aliphatic heterocycles. The van der Waals surface area contributed by atoms with Crippen LogP contribution in [0.3, 0.4) is 0 Å². The van der Waals surface area contributed by atoms with Gasteiger partial charge < -0.3 is 25.6 Å². The molecule has 2 aliphatic rings. The number of ether oxygens (including phenoxy) is 1. The predicted octanol–water partition coefficient (Wildman–Crippen LogP) is 6.06. The molecule has 254 valence electrons. The number of nitrogens with one attached hydrogen (secondary N) is 4. The third-order valence-corrected chi connectivity index (χ3v) is 11.5. The molecule has 1 aliphatic carbocycles. The summed E-state index contributed by atoms with van der Waals surface area (Å²) in [5.74, 6) is 0.219. The zero-order chi connectivity index (χ0) is 33.6. The van der Waals surface area contributed by atoms with E-state index in [0.29, 0.717) is 30.4 Å². The molecule has 0 bridgehead atoms. The first kappa shape index (κ1) is 34.8. The van der Waals surface area contributed by atoms with E-state index in [1.807, 2.05) is 30.3 Å². The van der Waals surface area contributed by atoms with Crippen molar-refractivity contribution in [1.82, 2.24) is 25.2 Å². The van der Waals surface area contributed by atoms with E-state index in [2.05, 4.69) is 32.6 Å². The number of sulfonamides is 1. The van der Waals surface area contributed by atoms with Crippen molar-refractivity contribution in [2.45, 2.75) is 94.3 Å². The monoisotopic (exact) mass is 682 g/mol. The van der Waals surface area contributed by atoms with Gasteiger partial charge in [-0.15, -0.1) is 11.3 Å². The quantitative estimate of drug-likeness (QED) is 0.204. The number of anilines is 1. The first-order chi connectivity index (χ1) is 22.4. The van der Waals surface area contributed by atoms with Crippen LogP contribution >= 0.6 is 11.3 Å². The maximum Gasteiger partial charge on any atom is 0.407 e. The Kier molecular flexibility index (Phi) is 11.2. The van der Waals surface area contributed by atoms with Gasteiger partial charge in [0.2, 0.25) is 10.0 Å². The van der Waals surface area contributed by atoms with Crippen molar-refractivity contribution in [1.29, 1.82) is 0 Å². The van der Waals surface area contributed by atoms with Crippen LogP contribution in [0.4, 0.5) is 15.3 Å². The Bertz CT molecular complexity index is 1630. The Morgan fingerprint density at radius 2 is 1.79 bits per heavy atom. The molecule has 13 heteroatoms. The smallest absolute Gasteiger partial charge is 0.407 e. The van der Waals surface area contributed by atoms with Crippen molar-refractivity contribution in [2.24, 2.45) is 0 Å². The van der Waals surface area contributed by atoms with Crippen LogP contribution in [0.1, 0.15) is 75.8 Å². The molecule has 0 radical (unpaired) electrons. The van der Waals surface area contributed by atoms with E-state index in [-0.39, 0.29) is 22.9 Å². The highest BCUT2D eigenvalue weighted by Gasteiger charge is 2.29. The van der Waals surface area contributed by atoms with Gasteiger partial charge in [-0.05, 0) is 90.6 Å². The number of hydrogen-bond donors (Lipinski definition) is 4. The van der Waals surface area contributed by atoms with Gasteiger partial charge >= 0.3 is 12.1 Å². The van der Waals surface area contributed by atoms with Gasteiger partial charge in [-0.1, -0.05) is 36.4 Å². The molecule has 2 heterocycles. The highest BCUT2D eigenvalue weighted by atomic mass is 32.2. The fourth-order valence-corrected chi connectivity index (χ4v) is 8.95. The summed E-state index contributed by atoms with van der Waals surface area (Å²) >= 11 is 1.48. The molecule has 2 fully saturated rings. The molecule has 11 nitrogen and oxygen atoms in total. The zero-order valence-corrected chi connectivity index (χ0v) is 29.2. The molecule has 4 N–H and O–H groups in total. The van der Waals surface area contributed by atoms with Crippen molar-refractivity contribution in [3.05, 3.63) is 65.3 Å². The summed E-state index contributed by atoms with van der Waals surface area (Å²) in [6.07, 6.45) is 6.93. The minimum atomic E-state index is -3.96. The third kappa shape index (κ3) is 9.75. The fraction of sp³-hybridized carbons (Fsp3) is 0.500. The summed E-state index contributed by atoms with van der Waals surface area (Å²) in [6, 6.07) is 14.4. The maximum atomic E-state index is 13.7. The molecule has 1 atom stereocenters. The van der Waals surface area contributed by atoms with Gasteiger partial charge in [-0.2, -0.15) is 0 Å². The zero-order valence-electron chi connectivity index (χ0n) is 27.5. The second-order valence-corrected chi connectivity index (χ2v) is 16.2. The molecule has 2 aromatic carbocycles. The van der Waals surface area contributed by atoms with Crippen LogP contribution in [-0.2, 0) is 21.3 Å². The number of aromatic nitrogens is 1. The number of alkyl carbamates (subject to hydrolysis) is 1. The van der Waals surface area contributed by atoms with Crippen molar-refractivity contribution < 1.29 is 22.7 Å². The van der Waals surface area contributed by atoms with E-state index in [0.717, 1.165) is 60.5 Å². The summed E-state index contributed by atoms with van der Waals surface area (Å²) in [5, 5.41) is 9.55. The lowest BCUT2D eigenvalue weighted by molar-refractivity contribution is 0.110. The van der Waals surface area contributed by atoms with Crippen LogP contribution in [0.25, 0.3) is 10.4 Å². The van der Waals surface area contributed by atoms with E-state index in [9.17, 15) is 18.0 Å². The Labute approximate surface area is 281 Å². The third-order valence-electron chi connectivity index (χ3n) is 8.53. The van der Waals surface area contributed by atoms with Gasteiger partial charge in [-0.25, -0.2) is 27.7 Å². The number of rotatable bonds is 10. The summed E-state index contributed by atoms with van der Waals surface area (Å²) in [5.41, 5.74) is 1.12. The lowest BCUT2D eigenvalue weighted by Crippen LogP contribution is -2.40. The second-order valence-electron chi connectivity index (χ2n) is 13.5. The molecule has 3 aromatic rings. The van der Waals surface area contributed by atoms with Crippen LogP contribution in [-0.4, -0.2) is 68.2 Å². The largest absolute Gasteiger partial charge is 0.448 e. The first-order valence-corrected chi connectivity index (χ1v) is 18.5. The standard InChI is InChI=1S/C34H46N6O5S2/c1-34(2,3)39-47(43,44)30-19-26(37-32(41)36-20-23-9-6-5-7-10-23)16-17-28(30)29-21-35-31(46-29)24-12-14-25(15-13-24)38-33(42)45-22-27-11-8-18-40(27)4/h5-7,9-10,16-17,19,21,24-25,27,39H,8,11-15,18,20,22H2,1-4H3,(H,38,42)(H2,36,37,41)/t24?,25?,27-/m0/s1. The van der Waals surface area contributed by atoms with Gasteiger partial charge in [0.25, 0.3) is 0 Å². The van der Waals surface area contributed by atoms with E-state index in [1.54, 1.807) is 39.1 Å². The number of carbonyl (C=O) groups is 2. The molecule has 5 rings (SSSR count). The lowest BCUT2D eigenvalue weighted by Gasteiger charge is -2.28. The molecule has 0 spiro atoms. The Morgan fingerprint density at radius 1 is 1.04 bits per heavy atom. The molecular weight excluding hydrogens is 637 g/mol. The first-order valence-electron chi connectivity index (χ1n) is 16.2. The highest BCUT2D eigenvalue weighted by molar-refractivity contribution is 7.89. The average Bonchev–Trinajstić information content (AvgIpc) is 3.68. The molecule has 1 aromatic heterocycles. The summed E-state index contributed by atoms with van der Waals surface area (Å²) < 4.78 is 35.6. The number of urea groups is 1. The molecule has 1 saturated heterocycles. The van der Waals surface area contributed by atoms with Gasteiger partial charge in [0.15, 0.2) is 0 Å². The van der Waals surface area contributed by atoms with Gasteiger partial charge in [0.05, 0.1) is 14.8 Å². The van der Waals surface area contributed by atoms with Crippen LogP contribution in [0, 0.1) is 0 Å². The summed E-state index contributed by atoms with van der Waals surface area (Å²) in [6.45, 7) is 7.15. The van der Waals surface area contributed by atoms with Crippen molar-refractivity contribution in [2.75, 3.05) is 25.5 Å². The van der Waals surface area contributed by atoms with Crippen LogP contribution in [0.5, 0.6) is 0 Å². The second kappa shape index (κ2) is 15.1. The van der Waals surface area contributed by atoms with E-state index < -0.39 is 21.6 Å². The Morgan fingerprint density at radius 3 is 2.47 bits per heavy atom. The maximum absolute atomic E-state index is 13.7. The van der Waals surface area contributed by atoms with Crippen molar-refractivity contribution in [3.8, 4) is 10.4 Å². The fourth-order valence-electron chi connectivity index (χ4n) is 6.09. The Balaban J connectivity index is 1.24. The number of carbonyl (C=O) groups excluding carboxylic acids is 2. The highest BCUT2D eigenvalue weighted by Crippen LogP contribution is 2.40. The average molecular weight is 683 g/mol. The van der Waals surface area contributed by atoms with Crippen molar-refractivity contribution in [3.63, 3.8) is 0 Å². The minimum Gasteiger partial charge on any atom is -0.448 e. The topological polar surface area (TPSA) is 142 Å². The van der Waals surface area contributed by atoms with Gasteiger partial charge in [-0.3, -0.25) is 0 Å².